The number of nitrogens with zero attached hydrogens (tertiary/aromatic N) is 2. The van der Waals surface area contributed by atoms with Crippen LogP contribution in [-0.4, -0.2) is 16.8 Å². The number of halogens is 1. The summed E-state index contributed by atoms with van der Waals surface area (Å²) in [6.07, 6.45) is 7.67. The minimum Gasteiger partial charge on any atom is -0.373 e. The van der Waals surface area contributed by atoms with Crippen LogP contribution in [0.15, 0.2) is 41.5 Å². The first kappa shape index (κ1) is 18.8. The van der Waals surface area contributed by atoms with E-state index in [0.29, 0.717) is 17.3 Å². The highest BCUT2D eigenvalue weighted by Crippen LogP contribution is 2.33. The minimum atomic E-state index is -0.420. The van der Waals surface area contributed by atoms with Crippen molar-refractivity contribution in [1.82, 2.24) is 4.98 Å². The van der Waals surface area contributed by atoms with E-state index in [4.69, 9.17) is 4.74 Å². The van der Waals surface area contributed by atoms with E-state index in [1.54, 1.807) is 0 Å². The van der Waals surface area contributed by atoms with E-state index in [0.717, 1.165) is 24.2 Å². The lowest BCUT2D eigenvalue weighted by Gasteiger charge is -2.29. The van der Waals surface area contributed by atoms with Crippen molar-refractivity contribution in [3.63, 3.8) is 0 Å². The van der Waals surface area contributed by atoms with Gasteiger partial charge in [0.25, 0.3) is 0 Å². The number of thiocarbonyl (C=S) groups is 1. The summed E-state index contributed by atoms with van der Waals surface area (Å²) in [6.45, 7) is 3.06. The molecule has 1 fully saturated rings. The van der Waals surface area contributed by atoms with Crippen LogP contribution in [0.3, 0.4) is 0 Å². The molecule has 1 aliphatic heterocycles. The Kier molecular flexibility index (Phi) is 6.62. The van der Waals surface area contributed by atoms with Crippen LogP contribution < -0.4 is 0 Å². The zero-order valence-electron chi connectivity index (χ0n) is 15.0. The van der Waals surface area contributed by atoms with Gasteiger partial charge < -0.3 is 4.74 Å². The maximum absolute atomic E-state index is 14.3. The molecule has 1 aromatic heterocycles. The Morgan fingerprint density at radius 3 is 2.73 bits per heavy atom. The van der Waals surface area contributed by atoms with E-state index in [-0.39, 0.29) is 6.10 Å². The number of ether oxygens (including phenoxy) is 1. The fraction of sp³-hybridized carbons (Fsp3) is 0.429. The second-order valence-electron chi connectivity index (χ2n) is 6.76. The Morgan fingerprint density at radius 2 is 2.12 bits per heavy atom. The average molecular weight is 370 g/mol. The van der Waals surface area contributed by atoms with Crippen molar-refractivity contribution in [3.05, 3.63) is 47.9 Å². The van der Waals surface area contributed by atoms with Crippen molar-refractivity contribution < 1.29 is 9.13 Å². The monoisotopic (exact) mass is 370 g/mol. The largest absolute Gasteiger partial charge is 0.373 e. The number of hydrogen-bond donors (Lipinski definition) is 0. The first-order chi connectivity index (χ1) is 12.7. The summed E-state index contributed by atoms with van der Waals surface area (Å²) in [4.78, 5) is 7.91. The summed E-state index contributed by atoms with van der Waals surface area (Å²) < 4.78 is 20.3. The summed E-state index contributed by atoms with van der Waals surface area (Å²) in [5, 5.41) is 2.22. The molecule has 0 saturated carbocycles. The van der Waals surface area contributed by atoms with Gasteiger partial charge in [-0.25, -0.2) is 4.39 Å². The van der Waals surface area contributed by atoms with Gasteiger partial charge in [0.2, 0.25) is 0 Å². The Hall–Kier alpha value is -1.94. The van der Waals surface area contributed by atoms with Gasteiger partial charge in [-0.1, -0.05) is 44.0 Å². The topological polar surface area (TPSA) is 34.5 Å². The number of aliphatic imine (C=N–C) groups is 1. The van der Waals surface area contributed by atoms with E-state index in [1.165, 1.54) is 37.9 Å². The van der Waals surface area contributed by atoms with E-state index < -0.39 is 5.82 Å². The molecule has 26 heavy (non-hydrogen) atoms. The van der Waals surface area contributed by atoms with Gasteiger partial charge in [-0.3, -0.25) is 4.98 Å². The lowest BCUT2D eigenvalue weighted by Crippen LogP contribution is -2.20. The summed E-state index contributed by atoms with van der Waals surface area (Å²) in [7, 11) is 0. The summed E-state index contributed by atoms with van der Waals surface area (Å²) in [5.74, 6) is 0.272. The molecule has 136 valence electrons. The molecule has 1 saturated heterocycles. The highest BCUT2D eigenvalue weighted by Gasteiger charge is 2.22. The van der Waals surface area contributed by atoms with Crippen LogP contribution in [0.5, 0.6) is 0 Å². The van der Waals surface area contributed by atoms with Crippen molar-refractivity contribution in [1.29, 1.82) is 0 Å². The normalized spacial score (nSPS) is 19.8. The molecule has 2 heterocycles. The van der Waals surface area contributed by atoms with Gasteiger partial charge in [-0.2, -0.15) is 4.99 Å². The predicted molar refractivity (Wildman–Crippen MR) is 105 cm³/mol. The van der Waals surface area contributed by atoms with E-state index in [1.807, 2.05) is 24.3 Å². The summed E-state index contributed by atoms with van der Waals surface area (Å²) in [5.41, 5.74) is 2.56. The van der Waals surface area contributed by atoms with E-state index >= 15 is 0 Å². The van der Waals surface area contributed by atoms with Crippen LogP contribution in [0.2, 0.25) is 0 Å². The standard InChI is InChI=1S/C21H23FN2OS/c1-2-3-4-15-5-10-20(25-13-15)16-6-8-17(9-7-16)21-19(22)11-18(12-23-21)24-14-26/h6-9,11-12,15,20H,2-5,10,13H2,1H3/t15?,20-/m0/s1. The van der Waals surface area contributed by atoms with Gasteiger partial charge in [-0.15, -0.1) is 0 Å². The first-order valence-corrected chi connectivity index (χ1v) is 9.57. The maximum atomic E-state index is 14.3. The van der Waals surface area contributed by atoms with Crippen molar-refractivity contribution in [3.8, 4) is 11.3 Å². The molecule has 0 radical (unpaired) electrons. The molecule has 5 heteroatoms. The van der Waals surface area contributed by atoms with E-state index in [2.05, 4.69) is 34.3 Å². The Balaban J connectivity index is 1.67. The molecular formula is C21H23FN2OS. The zero-order chi connectivity index (χ0) is 18.4. The number of rotatable bonds is 6. The number of unbranched alkanes of at least 4 members (excludes halogenated alkanes) is 1. The maximum Gasteiger partial charge on any atom is 0.151 e. The number of aromatic nitrogens is 1. The van der Waals surface area contributed by atoms with Gasteiger partial charge in [0.15, 0.2) is 5.82 Å². The Labute approximate surface area is 159 Å². The average Bonchev–Trinajstić information content (AvgIpc) is 2.67. The van der Waals surface area contributed by atoms with Gasteiger partial charge in [0.1, 0.15) is 5.69 Å². The quantitative estimate of drug-likeness (QED) is 0.443. The third kappa shape index (κ3) is 4.61. The highest BCUT2D eigenvalue weighted by molar-refractivity contribution is 7.78. The second kappa shape index (κ2) is 9.13. The third-order valence-electron chi connectivity index (χ3n) is 4.89. The molecule has 1 unspecified atom stereocenters. The summed E-state index contributed by atoms with van der Waals surface area (Å²) >= 11 is 4.53. The lowest BCUT2D eigenvalue weighted by molar-refractivity contribution is -0.0197. The zero-order valence-corrected chi connectivity index (χ0v) is 15.8. The molecule has 0 aliphatic carbocycles. The molecule has 0 N–H and O–H groups in total. The minimum absolute atomic E-state index is 0.138. The molecule has 2 atom stereocenters. The number of isothiocyanates is 1. The number of benzene rings is 1. The first-order valence-electron chi connectivity index (χ1n) is 9.16. The fourth-order valence-corrected chi connectivity index (χ4v) is 3.50. The van der Waals surface area contributed by atoms with Gasteiger partial charge >= 0.3 is 0 Å². The molecular weight excluding hydrogens is 347 g/mol. The molecule has 0 amide bonds. The van der Waals surface area contributed by atoms with Crippen molar-refractivity contribution >= 4 is 23.1 Å². The Bertz CT molecular complexity index is 779. The molecule has 1 aliphatic rings. The lowest BCUT2D eigenvalue weighted by atomic mass is 9.91. The molecule has 0 spiro atoms. The smallest absolute Gasteiger partial charge is 0.151 e. The van der Waals surface area contributed by atoms with E-state index in [9.17, 15) is 4.39 Å². The van der Waals surface area contributed by atoms with Crippen molar-refractivity contribution in [2.45, 2.75) is 45.1 Å². The number of pyridine rings is 1. The van der Waals surface area contributed by atoms with Crippen molar-refractivity contribution in [2.24, 2.45) is 10.9 Å². The molecule has 1 aromatic carbocycles. The van der Waals surface area contributed by atoms with Crippen LogP contribution in [0.1, 0.15) is 50.7 Å². The molecule has 3 rings (SSSR count). The molecule has 2 aromatic rings. The van der Waals surface area contributed by atoms with Gasteiger partial charge in [0, 0.05) is 11.6 Å². The number of hydrogen-bond acceptors (Lipinski definition) is 4. The van der Waals surface area contributed by atoms with Crippen LogP contribution in [0.25, 0.3) is 11.3 Å². The van der Waals surface area contributed by atoms with Crippen LogP contribution in [0, 0.1) is 11.7 Å². The SMILES string of the molecule is CCCCC1CC[C@@H](c2ccc(-c3ncc(N=C=S)cc3F)cc2)OC1. The summed E-state index contributed by atoms with van der Waals surface area (Å²) in [6, 6.07) is 9.13. The third-order valence-corrected chi connectivity index (χ3v) is 4.98. The van der Waals surface area contributed by atoms with Crippen LogP contribution in [-0.2, 0) is 4.74 Å². The van der Waals surface area contributed by atoms with Gasteiger partial charge in [0.05, 0.1) is 29.8 Å². The van der Waals surface area contributed by atoms with Crippen LogP contribution >= 0.6 is 12.2 Å². The molecule has 0 bridgehead atoms. The van der Waals surface area contributed by atoms with Crippen molar-refractivity contribution in [2.75, 3.05) is 6.61 Å². The predicted octanol–water partition coefficient (Wildman–Crippen LogP) is 6.28. The fourth-order valence-electron chi connectivity index (χ4n) is 3.40. The second-order valence-corrected chi connectivity index (χ2v) is 6.94. The Morgan fingerprint density at radius 1 is 1.31 bits per heavy atom. The highest BCUT2D eigenvalue weighted by atomic mass is 32.1. The molecule has 3 nitrogen and oxygen atoms in total. The van der Waals surface area contributed by atoms with Gasteiger partial charge in [-0.05, 0) is 43.0 Å². The van der Waals surface area contributed by atoms with Crippen LogP contribution in [0.4, 0.5) is 10.1 Å².